The molecule has 0 spiro atoms. The molecule has 180 valence electrons. The van der Waals surface area contributed by atoms with Crippen molar-refractivity contribution in [3.8, 4) is 0 Å². The van der Waals surface area contributed by atoms with Gasteiger partial charge in [0.2, 0.25) is 0 Å². The van der Waals surface area contributed by atoms with Gasteiger partial charge >= 0.3 is 0 Å². The van der Waals surface area contributed by atoms with Gasteiger partial charge in [0.25, 0.3) is 0 Å². The second kappa shape index (κ2) is 10.9. The zero-order valence-corrected chi connectivity index (χ0v) is 21.9. The van der Waals surface area contributed by atoms with Crippen LogP contribution in [0.5, 0.6) is 0 Å². The lowest BCUT2D eigenvalue weighted by molar-refractivity contribution is 0.558. The molecule has 3 aromatic carbocycles. The van der Waals surface area contributed by atoms with Gasteiger partial charge in [-0.3, -0.25) is 0 Å². The number of nitrogens with zero attached hydrogens (tertiary/aromatic N) is 1. The first kappa shape index (κ1) is 24.7. The summed E-state index contributed by atoms with van der Waals surface area (Å²) >= 11 is 3.53. The number of anilines is 3. The molecule has 3 N–H and O–H groups in total. The molecule has 1 unspecified atom stereocenters. The van der Waals surface area contributed by atoms with Crippen molar-refractivity contribution in [3.63, 3.8) is 0 Å². The lowest BCUT2D eigenvalue weighted by Gasteiger charge is -2.33. The van der Waals surface area contributed by atoms with Crippen LogP contribution in [0.15, 0.2) is 76.1 Å². The molecule has 1 aliphatic heterocycles. The third-order valence-electron chi connectivity index (χ3n) is 6.01. The Bertz CT molecular complexity index is 1230. The van der Waals surface area contributed by atoms with Crippen LogP contribution in [0.2, 0.25) is 0 Å². The molecule has 1 fully saturated rings. The molecular weight excluding hydrogens is 512 g/mol. The highest BCUT2D eigenvalue weighted by Crippen LogP contribution is 2.36. The first-order valence-corrected chi connectivity index (χ1v) is 14.1. The lowest BCUT2D eigenvalue weighted by atomic mass is 10.0. The number of piperazine rings is 1. The Morgan fingerprint density at radius 2 is 1.76 bits per heavy atom. The summed E-state index contributed by atoms with van der Waals surface area (Å²) < 4.78 is 26.7. The normalized spacial score (nSPS) is 15.2. The molecule has 0 saturated carbocycles. The standard InChI is InChI=1S/C26H31BrN4O2S/c1-19(29-18-20-7-6-8-21(27)15-20)23-16-26(34(2,32)33)24(30-22-9-4-3-5-10-22)17-25(23)31-13-11-28-12-14-31/h3-10,15-17,19,28-30H,11-14,18H2,1-2H3. The van der Waals surface area contributed by atoms with E-state index in [2.05, 4.69) is 55.8 Å². The maximum atomic E-state index is 12.8. The van der Waals surface area contributed by atoms with E-state index in [-0.39, 0.29) is 6.04 Å². The van der Waals surface area contributed by atoms with Crippen molar-refractivity contribution in [3.05, 3.63) is 82.3 Å². The van der Waals surface area contributed by atoms with Crippen molar-refractivity contribution < 1.29 is 8.42 Å². The SMILES string of the molecule is CC(NCc1cccc(Br)c1)c1cc(S(C)(=O)=O)c(Nc2ccccc2)cc1N1CCNCC1. The summed E-state index contributed by atoms with van der Waals surface area (Å²) in [5, 5.41) is 10.3. The number of halogens is 1. The van der Waals surface area contributed by atoms with Gasteiger partial charge in [-0.25, -0.2) is 8.42 Å². The second-order valence-corrected chi connectivity index (χ2v) is 11.5. The van der Waals surface area contributed by atoms with Crippen molar-refractivity contribution in [1.29, 1.82) is 0 Å². The quantitative estimate of drug-likeness (QED) is 0.377. The van der Waals surface area contributed by atoms with E-state index in [1.807, 2.05) is 54.6 Å². The highest BCUT2D eigenvalue weighted by molar-refractivity contribution is 9.10. The number of hydrogen-bond donors (Lipinski definition) is 3. The Morgan fingerprint density at radius 1 is 1.03 bits per heavy atom. The third kappa shape index (κ3) is 6.18. The lowest BCUT2D eigenvalue weighted by Crippen LogP contribution is -2.44. The van der Waals surface area contributed by atoms with Crippen LogP contribution in [0.25, 0.3) is 0 Å². The first-order valence-electron chi connectivity index (χ1n) is 11.4. The van der Waals surface area contributed by atoms with E-state index in [0.717, 1.165) is 53.2 Å². The minimum absolute atomic E-state index is 0.0462. The molecule has 34 heavy (non-hydrogen) atoms. The molecule has 1 heterocycles. The van der Waals surface area contributed by atoms with E-state index < -0.39 is 9.84 Å². The van der Waals surface area contributed by atoms with Crippen LogP contribution in [-0.4, -0.2) is 40.9 Å². The van der Waals surface area contributed by atoms with E-state index in [0.29, 0.717) is 17.1 Å². The molecule has 0 aromatic heterocycles. The molecule has 0 bridgehead atoms. The summed E-state index contributed by atoms with van der Waals surface area (Å²) in [6, 6.07) is 21.7. The van der Waals surface area contributed by atoms with Gasteiger partial charge < -0.3 is 20.9 Å². The van der Waals surface area contributed by atoms with Crippen molar-refractivity contribution in [1.82, 2.24) is 10.6 Å². The van der Waals surface area contributed by atoms with Gasteiger partial charge in [0.15, 0.2) is 9.84 Å². The van der Waals surface area contributed by atoms with E-state index in [4.69, 9.17) is 0 Å². The van der Waals surface area contributed by atoms with Gasteiger partial charge in [-0.05, 0) is 54.4 Å². The summed E-state index contributed by atoms with van der Waals surface area (Å²) in [6.07, 6.45) is 1.27. The van der Waals surface area contributed by atoms with Gasteiger partial charge in [0.1, 0.15) is 0 Å². The summed E-state index contributed by atoms with van der Waals surface area (Å²) in [5.41, 5.74) is 4.66. The van der Waals surface area contributed by atoms with Gasteiger partial charge in [0.05, 0.1) is 10.6 Å². The maximum absolute atomic E-state index is 12.8. The number of nitrogens with one attached hydrogen (secondary N) is 3. The summed E-state index contributed by atoms with van der Waals surface area (Å²) in [6.45, 7) is 6.31. The number of hydrogen-bond acceptors (Lipinski definition) is 6. The third-order valence-corrected chi connectivity index (χ3v) is 7.64. The molecule has 0 radical (unpaired) electrons. The Morgan fingerprint density at radius 3 is 2.44 bits per heavy atom. The Hall–Kier alpha value is -2.39. The number of sulfone groups is 1. The topological polar surface area (TPSA) is 73.5 Å². The number of benzene rings is 3. The van der Waals surface area contributed by atoms with Crippen molar-refractivity contribution in [2.45, 2.75) is 24.4 Å². The van der Waals surface area contributed by atoms with E-state index in [1.165, 1.54) is 6.26 Å². The van der Waals surface area contributed by atoms with Crippen LogP contribution in [0.3, 0.4) is 0 Å². The molecule has 6 nitrogen and oxygen atoms in total. The molecule has 8 heteroatoms. The summed E-state index contributed by atoms with van der Waals surface area (Å²) in [5.74, 6) is 0. The van der Waals surface area contributed by atoms with Gasteiger partial charge in [0, 0.05) is 60.9 Å². The van der Waals surface area contributed by atoms with Gasteiger partial charge in [-0.1, -0.05) is 46.3 Å². The van der Waals surface area contributed by atoms with Gasteiger partial charge in [-0.15, -0.1) is 0 Å². The number of rotatable bonds is 8. The average molecular weight is 544 g/mol. The van der Waals surface area contributed by atoms with E-state index >= 15 is 0 Å². The fraction of sp³-hybridized carbons (Fsp3) is 0.308. The average Bonchev–Trinajstić information content (AvgIpc) is 2.83. The smallest absolute Gasteiger partial charge is 0.177 e. The van der Waals surface area contributed by atoms with Crippen LogP contribution in [-0.2, 0) is 16.4 Å². The van der Waals surface area contributed by atoms with E-state index in [1.54, 1.807) is 0 Å². The monoisotopic (exact) mass is 542 g/mol. The van der Waals surface area contributed by atoms with Gasteiger partial charge in [-0.2, -0.15) is 0 Å². The zero-order chi connectivity index (χ0) is 24.1. The minimum atomic E-state index is -3.46. The predicted molar refractivity (Wildman–Crippen MR) is 144 cm³/mol. The zero-order valence-electron chi connectivity index (χ0n) is 19.5. The van der Waals surface area contributed by atoms with E-state index in [9.17, 15) is 8.42 Å². The highest BCUT2D eigenvalue weighted by Gasteiger charge is 2.24. The van der Waals surface area contributed by atoms with Crippen LogP contribution in [0.4, 0.5) is 17.1 Å². The first-order chi connectivity index (χ1) is 16.3. The molecule has 3 aromatic rings. The number of para-hydroxylation sites is 1. The van der Waals surface area contributed by atoms with Crippen molar-refractivity contribution in [2.75, 3.05) is 42.7 Å². The maximum Gasteiger partial charge on any atom is 0.177 e. The van der Waals surface area contributed by atoms with Crippen LogP contribution >= 0.6 is 15.9 Å². The Balaban J connectivity index is 1.73. The second-order valence-electron chi connectivity index (χ2n) is 8.64. The Labute approximate surface area is 210 Å². The fourth-order valence-corrected chi connectivity index (χ4v) is 5.52. The van der Waals surface area contributed by atoms with Crippen molar-refractivity contribution >= 4 is 42.8 Å². The molecule has 1 saturated heterocycles. The van der Waals surface area contributed by atoms with Crippen LogP contribution < -0.4 is 20.9 Å². The fourth-order valence-electron chi connectivity index (χ4n) is 4.22. The Kier molecular flexibility index (Phi) is 7.93. The molecule has 1 aliphatic rings. The molecule has 0 aliphatic carbocycles. The minimum Gasteiger partial charge on any atom is -0.369 e. The summed E-state index contributed by atoms with van der Waals surface area (Å²) in [7, 11) is -3.46. The molecule has 0 amide bonds. The highest BCUT2D eigenvalue weighted by atomic mass is 79.9. The molecule has 4 rings (SSSR count). The predicted octanol–water partition coefficient (Wildman–Crippen LogP) is 4.86. The van der Waals surface area contributed by atoms with Crippen molar-refractivity contribution in [2.24, 2.45) is 0 Å². The molecule has 1 atom stereocenters. The molecular formula is C26H31BrN4O2S. The van der Waals surface area contributed by atoms with Crippen LogP contribution in [0, 0.1) is 0 Å². The van der Waals surface area contributed by atoms with Crippen LogP contribution in [0.1, 0.15) is 24.1 Å². The largest absolute Gasteiger partial charge is 0.369 e. The summed E-state index contributed by atoms with van der Waals surface area (Å²) in [4.78, 5) is 2.65.